The Labute approximate surface area is 152 Å². The van der Waals surface area contributed by atoms with Crippen LogP contribution in [0.4, 0.5) is 10.1 Å². The first-order valence-electron chi connectivity index (χ1n) is 8.41. The van der Waals surface area contributed by atoms with Crippen molar-refractivity contribution in [1.29, 1.82) is 0 Å². The SMILES string of the molecule is CC(Nc1cncc(C(=O)NCc2ccccc2F)c1)c1ccccc1. The van der Waals surface area contributed by atoms with E-state index in [1.165, 1.54) is 12.3 Å². The van der Waals surface area contributed by atoms with Crippen LogP contribution in [0.1, 0.15) is 34.5 Å². The molecule has 0 bridgehead atoms. The summed E-state index contributed by atoms with van der Waals surface area (Å²) in [7, 11) is 0. The molecule has 0 aliphatic rings. The number of benzene rings is 2. The minimum absolute atomic E-state index is 0.0784. The Morgan fingerprint density at radius 2 is 1.81 bits per heavy atom. The molecule has 26 heavy (non-hydrogen) atoms. The van der Waals surface area contributed by atoms with Gasteiger partial charge in [0.25, 0.3) is 5.91 Å². The van der Waals surface area contributed by atoms with Gasteiger partial charge in [0.2, 0.25) is 0 Å². The highest BCUT2D eigenvalue weighted by molar-refractivity contribution is 5.94. The molecule has 2 aromatic carbocycles. The molecule has 2 N–H and O–H groups in total. The third kappa shape index (κ3) is 4.45. The van der Waals surface area contributed by atoms with Crippen molar-refractivity contribution < 1.29 is 9.18 Å². The van der Waals surface area contributed by atoms with Crippen LogP contribution < -0.4 is 10.6 Å². The summed E-state index contributed by atoms with van der Waals surface area (Å²) in [6, 6.07) is 18.2. The van der Waals surface area contributed by atoms with E-state index in [0.717, 1.165) is 11.3 Å². The van der Waals surface area contributed by atoms with Crippen LogP contribution in [0.25, 0.3) is 0 Å². The van der Waals surface area contributed by atoms with Gasteiger partial charge < -0.3 is 10.6 Å². The lowest BCUT2D eigenvalue weighted by molar-refractivity contribution is 0.0950. The molecule has 0 aliphatic heterocycles. The van der Waals surface area contributed by atoms with Crippen LogP contribution in [0.3, 0.4) is 0 Å². The zero-order valence-corrected chi connectivity index (χ0v) is 14.4. The predicted molar refractivity (Wildman–Crippen MR) is 100 cm³/mol. The van der Waals surface area contributed by atoms with Crippen LogP contribution in [0.15, 0.2) is 73.1 Å². The van der Waals surface area contributed by atoms with Gasteiger partial charge in [0, 0.05) is 30.5 Å². The van der Waals surface area contributed by atoms with E-state index < -0.39 is 0 Å². The summed E-state index contributed by atoms with van der Waals surface area (Å²) in [5, 5.41) is 6.06. The lowest BCUT2D eigenvalue weighted by Gasteiger charge is -2.16. The molecule has 0 saturated carbocycles. The van der Waals surface area contributed by atoms with E-state index in [0.29, 0.717) is 11.1 Å². The van der Waals surface area contributed by atoms with Crippen molar-refractivity contribution in [3.05, 3.63) is 95.6 Å². The molecular formula is C21H20FN3O. The van der Waals surface area contributed by atoms with Crippen LogP contribution in [-0.2, 0) is 6.54 Å². The third-order valence-electron chi connectivity index (χ3n) is 4.08. The molecule has 0 spiro atoms. The van der Waals surface area contributed by atoms with Crippen molar-refractivity contribution >= 4 is 11.6 Å². The van der Waals surface area contributed by atoms with Gasteiger partial charge in [0.15, 0.2) is 0 Å². The van der Waals surface area contributed by atoms with Gasteiger partial charge in [0.1, 0.15) is 5.82 Å². The number of nitrogens with zero attached hydrogens (tertiary/aromatic N) is 1. The van der Waals surface area contributed by atoms with E-state index in [4.69, 9.17) is 0 Å². The minimum Gasteiger partial charge on any atom is -0.377 e. The van der Waals surface area contributed by atoms with Crippen molar-refractivity contribution in [2.75, 3.05) is 5.32 Å². The normalized spacial score (nSPS) is 11.6. The lowest BCUT2D eigenvalue weighted by Crippen LogP contribution is -2.23. The zero-order valence-electron chi connectivity index (χ0n) is 14.4. The van der Waals surface area contributed by atoms with E-state index in [9.17, 15) is 9.18 Å². The average molecular weight is 349 g/mol. The van der Waals surface area contributed by atoms with Crippen molar-refractivity contribution in [3.8, 4) is 0 Å². The Morgan fingerprint density at radius 1 is 1.08 bits per heavy atom. The number of anilines is 1. The van der Waals surface area contributed by atoms with Gasteiger partial charge in [0.05, 0.1) is 11.3 Å². The molecule has 1 aromatic heterocycles. The topological polar surface area (TPSA) is 54.0 Å². The largest absolute Gasteiger partial charge is 0.377 e. The highest BCUT2D eigenvalue weighted by Gasteiger charge is 2.10. The lowest BCUT2D eigenvalue weighted by atomic mass is 10.1. The fourth-order valence-electron chi connectivity index (χ4n) is 2.64. The number of carbonyl (C=O) groups is 1. The molecule has 4 nitrogen and oxygen atoms in total. The van der Waals surface area contributed by atoms with Gasteiger partial charge in [-0.1, -0.05) is 48.5 Å². The molecule has 0 saturated heterocycles. The quantitative estimate of drug-likeness (QED) is 0.697. The standard InChI is InChI=1S/C21H20FN3O/c1-15(16-7-3-2-4-8-16)25-19-11-18(12-23-14-19)21(26)24-13-17-9-5-6-10-20(17)22/h2-12,14-15,25H,13H2,1H3,(H,24,26). The van der Waals surface area contributed by atoms with Crippen molar-refractivity contribution in [2.24, 2.45) is 0 Å². The van der Waals surface area contributed by atoms with E-state index in [-0.39, 0.29) is 24.3 Å². The van der Waals surface area contributed by atoms with Crippen molar-refractivity contribution in [3.63, 3.8) is 0 Å². The molecule has 0 aliphatic carbocycles. The molecule has 5 heteroatoms. The Balaban J connectivity index is 1.65. The maximum atomic E-state index is 13.6. The molecular weight excluding hydrogens is 329 g/mol. The van der Waals surface area contributed by atoms with E-state index in [1.54, 1.807) is 30.5 Å². The first-order valence-corrected chi connectivity index (χ1v) is 8.41. The Bertz CT molecular complexity index is 883. The monoisotopic (exact) mass is 349 g/mol. The summed E-state index contributed by atoms with van der Waals surface area (Å²) in [6.45, 7) is 2.17. The average Bonchev–Trinajstić information content (AvgIpc) is 2.68. The molecule has 1 unspecified atom stereocenters. The molecule has 1 heterocycles. The smallest absolute Gasteiger partial charge is 0.253 e. The summed E-state index contributed by atoms with van der Waals surface area (Å²) in [4.78, 5) is 16.5. The maximum absolute atomic E-state index is 13.6. The first-order chi connectivity index (χ1) is 12.6. The number of carbonyl (C=O) groups excluding carboxylic acids is 1. The van der Waals surface area contributed by atoms with Crippen LogP contribution in [0.2, 0.25) is 0 Å². The number of pyridine rings is 1. The highest BCUT2D eigenvalue weighted by atomic mass is 19.1. The summed E-state index contributed by atoms with van der Waals surface area (Å²) < 4.78 is 13.6. The summed E-state index contributed by atoms with van der Waals surface area (Å²) >= 11 is 0. The highest BCUT2D eigenvalue weighted by Crippen LogP contribution is 2.19. The molecule has 0 fully saturated rings. The predicted octanol–water partition coefficient (Wildman–Crippen LogP) is 4.32. The summed E-state index contributed by atoms with van der Waals surface area (Å²) in [6.07, 6.45) is 3.17. The van der Waals surface area contributed by atoms with Crippen molar-refractivity contribution in [1.82, 2.24) is 10.3 Å². The number of aromatic nitrogens is 1. The summed E-state index contributed by atoms with van der Waals surface area (Å²) in [5.74, 6) is -0.630. The molecule has 1 amide bonds. The number of nitrogens with one attached hydrogen (secondary N) is 2. The number of halogens is 1. The van der Waals surface area contributed by atoms with Gasteiger partial charge in [-0.3, -0.25) is 9.78 Å². The molecule has 0 radical (unpaired) electrons. The van der Waals surface area contributed by atoms with E-state index >= 15 is 0 Å². The van der Waals surface area contributed by atoms with Crippen LogP contribution in [0, 0.1) is 5.82 Å². The fraction of sp³-hybridized carbons (Fsp3) is 0.143. The first kappa shape index (κ1) is 17.6. The summed E-state index contributed by atoms with van der Waals surface area (Å²) in [5.41, 5.74) is 2.76. The van der Waals surface area contributed by atoms with Gasteiger partial charge in [-0.2, -0.15) is 0 Å². The number of amides is 1. The maximum Gasteiger partial charge on any atom is 0.253 e. The minimum atomic E-state index is -0.335. The van der Waals surface area contributed by atoms with Crippen LogP contribution in [-0.4, -0.2) is 10.9 Å². The Morgan fingerprint density at radius 3 is 2.58 bits per heavy atom. The Hall–Kier alpha value is -3.21. The molecule has 3 aromatic rings. The second kappa shape index (κ2) is 8.25. The van der Waals surface area contributed by atoms with Crippen LogP contribution in [0.5, 0.6) is 0 Å². The number of hydrogen-bond acceptors (Lipinski definition) is 3. The third-order valence-corrected chi connectivity index (χ3v) is 4.08. The van der Waals surface area contributed by atoms with E-state index in [2.05, 4.69) is 15.6 Å². The molecule has 1 atom stereocenters. The molecule has 3 rings (SSSR count). The van der Waals surface area contributed by atoms with Gasteiger partial charge >= 0.3 is 0 Å². The fourth-order valence-corrected chi connectivity index (χ4v) is 2.64. The van der Waals surface area contributed by atoms with Gasteiger partial charge in [-0.05, 0) is 24.6 Å². The number of hydrogen-bond donors (Lipinski definition) is 2. The number of rotatable bonds is 6. The second-order valence-electron chi connectivity index (χ2n) is 6.01. The van der Waals surface area contributed by atoms with Crippen molar-refractivity contribution in [2.45, 2.75) is 19.5 Å². The zero-order chi connectivity index (χ0) is 18.4. The van der Waals surface area contributed by atoms with Crippen LogP contribution >= 0.6 is 0 Å². The Kier molecular flexibility index (Phi) is 5.59. The van der Waals surface area contributed by atoms with Gasteiger partial charge in [-0.15, -0.1) is 0 Å². The van der Waals surface area contributed by atoms with E-state index in [1.807, 2.05) is 37.3 Å². The second-order valence-corrected chi connectivity index (χ2v) is 6.01. The molecule has 132 valence electrons. The van der Waals surface area contributed by atoms with Gasteiger partial charge in [-0.25, -0.2) is 4.39 Å².